The Bertz CT molecular complexity index is 2460. The second kappa shape index (κ2) is 16.0. The third-order valence-corrected chi connectivity index (χ3v) is 7.81. The van der Waals surface area contributed by atoms with Crippen LogP contribution in [0, 0.1) is 37.3 Å². The fraction of sp³-hybridized carbons (Fsp3) is 0.0476. The minimum Gasteiger partial charge on any atom is -0.456 e. The second-order valence-corrected chi connectivity index (χ2v) is 11.1. The Labute approximate surface area is 321 Å². The average Bonchev–Trinajstić information content (AvgIpc) is 3.93. The van der Waals surface area contributed by atoms with Crippen molar-refractivity contribution in [2.45, 2.75) is 0 Å². The summed E-state index contributed by atoms with van der Waals surface area (Å²) in [5.41, 5.74) is 8.94. The van der Waals surface area contributed by atoms with Gasteiger partial charge in [-0.25, -0.2) is 0 Å². The fourth-order valence-electron chi connectivity index (χ4n) is 5.54. The molecule has 0 saturated heterocycles. The van der Waals surface area contributed by atoms with E-state index in [-0.39, 0.29) is 44.8 Å². The molecule has 252 valence electrons. The minimum atomic E-state index is 0. The number of fused-ring (bicyclic) bond motifs is 6. The van der Waals surface area contributed by atoms with Crippen LogP contribution in [-0.4, -0.2) is 19.1 Å². The van der Waals surface area contributed by atoms with E-state index in [0.29, 0.717) is 0 Å². The van der Waals surface area contributed by atoms with Gasteiger partial charge in [-0.05, 0) is 38.4 Å². The van der Waals surface area contributed by atoms with E-state index in [1.165, 1.54) is 0 Å². The first kappa shape index (κ1) is 36.0. The van der Waals surface area contributed by atoms with Crippen molar-refractivity contribution in [2.75, 3.05) is 0 Å². The maximum Gasteiger partial charge on any atom is 0.135 e. The summed E-state index contributed by atoms with van der Waals surface area (Å²) in [6.07, 6.45) is 23.9. The summed E-state index contributed by atoms with van der Waals surface area (Å²) < 4.78 is 15.0. The van der Waals surface area contributed by atoms with Crippen molar-refractivity contribution in [2.24, 2.45) is 14.1 Å². The number of nitrogens with zero attached hydrogens (tertiary/aromatic N) is 4. The van der Waals surface area contributed by atoms with Crippen LogP contribution in [0.5, 0.6) is 0 Å². The monoisotopic (exact) mass is 1010 g/mol. The molecule has 0 fully saturated rings. The van der Waals surface area contributed by atoms with Gasteiger partial charge in [-0.1, -0.05) is 83.2 Å². The van der Waals surface area contributed by atoms with Gasteiger partial charge in [0.05, 0.1) is 0 Å². The summed E-state index contributed by atoms with van der Waals surface area (Å²) in [6, 6.07) is 35.2. The number of furan rings is 2. The molecule has 6 nitrogen and oxygen atoms in total. The third kappa shape index (κ3) is 7.48. The van der Waals surface area contributed by atoms with Gasteiger partial charge in [0.25, 0.3) is 0 Å². The normalized spacial score (nSPS) is 10.2. The van der Waals surface area contributed by atoms with E-state index in [2.05, 4.69) is 34.5 Å². The van der Waals surface area contributed by atoms with Gasteiger partial charge in [0.2, 0.25) is 0 Å². The van der Waals surface area contributed by atoms with Gasteiger partial charge >= 0.3 is 0 Å². The maximum atomic E-state index is 7.10. The first-order valence-corrected chi connectivity index (χ1v) is 15.1. The van der Waals surface area contributed by atoms with Crippen molar-refractivity contribution in [3.8, 4) is 34.4 Å². The van der Waals surface area contributed by atoms with Crippen molar-refractivity contribution in [1.29, 1.82) is 0 Å². The molecule has 4 heterocycles. The van der Waals surface area contributed by atoms with E-state index >= 15 is 0 Å². The van der Waals surface area contributed by atoms with Gasteiger partial charge < -0.3 is 40.8 Å². The second-order valence-electron chi connectivity index (χ2n) is 11.1. The summed E-state index contributed by atoms with van der Waals surface area (Å²) in [7, 11) is 3.82. The molecule has 0 spiro atoms. The molecule has 9 aromatic rings. The predicted molar refractivity (Wildman–Crippen MR) is 188 cm³/mol. The Morgan fingerprint density at radius 1 is 0.520 bits per heavy atom. The Morgan fingerprint density at radius 3 is 1.28 bits per heavy atom. The molecule has 8 heteroatoms. The molecule has 0 N–H and O–H groups in total. The molecular formula is C42H26Au2N4O2-4. The van der Waals surface area contributed by atoms with E-state index in [0.717, 1.165) is 77.5 Å². The number of benzene rings is 5. The molecule has 0 saturated carbocycles. The molecule has 5 aromatic carbocycles. The molecule has 0 aliphatic heterocycles. The van der Waals surface area contributed by atoms with Crippen molar-refractivity contribution in [3.63, 3.8) is 0 Å². The number of aryl methyl sites for hydroxylation is 2. The van der Waals surface area contributed by atoms with Crippen LogP contribution in [0.25, 0.3) is 66.4 Å². The number of hydrogen-bond acceptors (Lipinski definition) is 4. The van der Waals surface area contributed by atoms with Gasteiger partial charge in [0.1, 0.15) is 22.3 Å². The predicted octanol–water partition coefficient (Wildman–Crippen LogP) is 9.13. The molecule has 50 heavy (non-hydrogen) atoms. The molecule has 0 aliphatic rings. The van der Waals surface area contributed by atoms with Crippen LogP contribution in [0.15, 0.2) is 130 Å². The first-order valence-electron chi connectivity index (χ1n) is 15.1. The average molecular weight is 1010 g/mol. The maximum absolute atomic E-state index is 7.10. The quantitative estimate of drug-likeness (QED) is 0.0986. The molecule has 0 atom stereocenters. The van der Waals surface area contributed by atoms with Crippen LogP contribution in [0.3, 0.4) is 0 Å². The van der Waals surface area contributed by atoms with E-state index in [9.17, 15) is 0 Å². The topological polar surface area (TPSA) is 61.9 Å². The van der Waals surface area contributed by atoms with Gasteiger partial charge in [0, 0.05) is 79.0 Å². The van der Waals surface area contributed by atoms with Crippen LogP contribution in [0.4, 0.5) is 0 Å². The zero-order valence-electron chi connectivity index (χ0n) is 26.8. The molecular weight excluding hydrogens is 986 g/mol. The zero-order chi connectivity index (χ0) is 33.0. The van der Waals surface area contributed by atoms with Crippen LogP contribution < -0.4 is 0 Å². The largest absolute Gasteiger partial charge is 0.456 e. The van der Waals surface area contributed by atoms with Gasteiger partial charge in [-0.15, -0.1) is 47.8 Å². The summed E-state index contributed by atoms with van der Waals surface area (Å²) in [6.45, 7) is 0. The minimum absolute atomic E-state index is 0. The molecule has 0 amide bonds. The smallest absolute Gasteiger partial charge is 0.135 e. The molecule has 0 aliphatic carbocycles. The molecule has 0 unspecified atom stereocenters. The summed E-state index contributed by atoms with van der Waals surface area (Å²) >= 11 is 0. The summed E-state index contributed by atoms with van der Waals surface area (Å²) in [4.78, 5) is 8.54. The number of para-hydroxylation sites is 2. The Hall–Kier alpha value is -5.28. The van der Waals surface area contributed by atoms with E-state index < -0.39 is 0 Å². The Kier molecular flexibility index (Phi) is 11.5. The van der Waals surface area contributed by atoms with Crippen LogP contribution in [0.1, 0.15) is 11.1 Å². The first-order chi connectivity index (χ1) is 23.5. The zero-order valence-corrected chi connectivity index (χ0v) is 31.1. The SMILES string of the molecule is Cn1[c-]nc(-c2ccccc2-c2cn(C)[c-]n2)c1.[Au].[Au].[C-]#Cc1ccc2oc3ccccc3c2c1.[C-]#Cc1ccc2oc3ccccc3c2c1. The van der Waals surface area contributed by atoms with Gasteiger partial charge in [-0.2, -0.15) is 0 Å². The molecule has 4 aromatic heterocycles. The van der Waals surface area contributed by atoms with E-state index in [1.807, 2.05) is 145 Å². The Balaban J connectivity index is 0.000000144. The number of imidazole rings is 2. The van der Waals surface area contributed by atoms with Crippen molar-refractivity contribution >= 4 is 43.9 Å². The fourth-order valence-corrected chi connectivity index (χ4v) is 5.54. The Morgan fingerprint density at radius 2 is 0.900 bits per heavy atom. The standard InChI is InChI=1S/C14H12N4.2C14H7O.2Au/c1-17-7-13(15-9-17)11-5-3-4-6-12(11)14-8-18(2)10-16-14;2*1-2-10-7-8-14-12(9-10)11-5-3-4-6-13(11)15-14;;/h3-8H,1-2H3;2*3-9H;;/q-2;2*-1;;. The van der Waals surface area contributed by atoms with Crippen LogP contribution in [0.2, 0.25) is 0 Å². The number of rotatable bonds is 2. The van der Waals surface area contributed by atoms with E-state index in [1.54, 1.807) is 0 Å². The number of aromatic nitrogens is 4. The van der Waals surface area contributed by atoms with E-state index in [4.69, 9.17) is 21.7 Å². The molecule has 2 radical (unpaired) electrons. The van der Waals surface area contributed by atoms with Crippen LogP contribution in [-0.2, 0) is 58.9 Å². The van der Waals surface area contributed by atoms with Crippen molar-refractivity contribution in [3.05, 3.63) is 158 Å². The third-order valence-electron chi connectivity index (χ3n) is 7.81. The van der Waals surface area contributed by atoms with Crippen molar-refractivity contribution in [1.82, 2.24) is 19.1 Å². The summed E-state index contributed by atoms with van der Waals surface area (Å²) in [5.74, 6) is 4.76. The molecule has 9 rings (SSSR count). The van der Waals surface area contributed by atoms with Gasteiger partial charge in [-0.3, -0.25) is 11.8 Å². The summed E-state index contributed by atoms with van der Waals surface area (Å²) in [5, 5.41) is 4.26. The van der Waals surface area contributed by atoms with Gasteiger partial charge in [0.15, 0.2) is 0 Å². The molecule has 0 bridgehead atoms. The number of hydrogen-bond donors (Lipinski definition) is 0. The van der Waals surface area contributed by atoms with Crippen LogP contribution >= 0.6 is 0 Å². The van der Waals surface area contributed by atoms with Crippen molar-refractivity contribution < 1.29 is 53.6 Å².